The average Bonchev–Trinajstić information content (AvgIpc) is 3.38. The molecule has 0 spiro atoms. The van der Waals surface area contributed by atoms with Crippen molar-refractivity contribution in [1.82, 2.24) is 10.3 Å². The van der Waals surface area contributed by atoms with Gasteiger partial charge in [-0.3, -0.25) is 9.59 Å². The molecule has 8 nitrogen and oxygen atoms in total. The molecular weight excluding hydrogens is 412 g/mol. The molecule has 10 heteroatoms. The number of sulfonamides is 1. The van der Waals surface area contributed by atoms with Crippen molar-refractivity contribution >= 4 is 49.8 Å². The van der Waals surface area contributed by atoms with Gasteiger partial charge in [0.25, 0.3) is 11.8 Å². The molecule has 0 bridgehead atoms. The summed E-state index contributed by atoms with van der Waals surface area (Å²) in [6.07, 6.45) is 3.50. The van der Waals surface area contributed by atoms with Crippen LogP contribution in [0.25, 0.3) is 11.6 Å². The van der Waals surface area contributed by atoms with E-state index in [1.54, 1.807) is 30.5 Å². The van der Waals surface area contributed by atoms with Crippen molar-refractivity contribution in [2.75, 3.05) is 5.32 Å². The number of H-pyrrole nitrogens is 1. The van der Waals surface area contributed by atoms with Gasteiger partial charge in [0.2, 0.25) is 10.0 Å². The fourth-order valence-electron chi connectivity index (χ4n) is 2.89. The first kappa shape index (κ1) is 19.1. The monoisotopic (exact) mass is 428 g/mol. The second-order valence-corrected chi connectivity index (χ2v) is 8.98. The lowest BCUT2D eigenvalue weighted by molar-refractivity contribution is -0.110. The second kappa shape index (κ2) is 7.32. The van der Waals surface area contributed by atoms with E-state index in [-0.39, 0.29) is 23.3 Å². The number of hydrogen-bond acceptors (Lipinski definition) is 5. The molecule has 0 atom stereocenters. The van der Waals surface area contributed by atoms with E-state index in [2.05, 4.69) is 15.6 Å². The summed E-state index contributed by atoms with van der Waals surface area (Å²) < 4.78 is 22.6. The molecule has 1 aliphatic rings. The highest BCUT2D eigenvalue weighted by molar-refractivity contribution is 7.89. The van der Waals surface area contributed by atoms with Gasteiger partial charge in [0, 0.05) is 24.0 Å². The van der Waals surface area contributed by atoms with Gasteiger partial charge < -0.3 is 15.6 Å². The molecule has 5 N–H and O–H groups in total. The van der Waals surface area contributed by atoms with Crippen molar-refractivity contribution in [1.29, 1.82) is 0 Å². The molecule has 1 aliphatic heterocycles. The van der Waals surface area contributed by atoms with Gasteiger partial charge in [-0.1, -0.05) is 12.1 Å². The Kier molecular flexibility index (Phi) is 4.82. The number of fused-ring (bicyclic) bond motifs is 1. The summed E-state index contributed by atoms with van der Waals surface area (Å²) >= 11 is 1.20. The molecule has 2 aromatic heterocycles. The van der Waals surface area contributed by atoms with E-state index in [0.29, 0.717) is 21.0 Å². The third-order valence-electron chi connectivity index (χ3n) is 4.34. The van der Waals surface area contributed by atoms with Crippen LogP contribution in [0.5, 0.6) is 0 Å². The standard InChI is InChI=1S/C19H16N4O4S2/c20-29(26,27)13-5-3-11(4-6-13)10-22-18(25)16-9-15-14(8-12-2-1-7-21-12)17(24)23-19(15)28-16/h1-9,21H,10H2,(H,22,25)(H,23,24)(H2,20,26,27). The number of thiophene rings is 1. The maximum absolute atomic E-state index is 12.5. The minimum absolute atomic E-state index is 0.0133. The molecule has 2 amide bonds. The number of rotatable bonds is 5. The number of nitrogens with one attached hydrogen (secondary N) is 3. The number of aromatic nitrogens is 1. The highest BCUT2D eigenvalue weighted by Crippen LogP contribution is 2.39. The van der Waals surface area contributed by atoms with E-state index in [9.17, 15) is 18.0 Å². The minimum atomic E-state index is -3.75. The number of hydrogen-bond donors (Lipinski definition) is 4. The summed E-state index contributed by atoms with van der Waals surface area (Å²) in [5.74, 6) is -0.490. The summed E-state index contributed by atoms with van der Waals surface area (Å²) in [6, 6.07) is 11.3. The van der Waals surface area contributed by atoms with Crippen molar-refractivity contribution in [3.05, 3.63) is 70.4 Å². The van der Waals surface area contributed by atoms with Crippen LogP contribution in [0.15, 0.2) is 53.6 Å². The lowest BCUT2D eigenvalue weighted by atomic mass is 10.1. The molecule has 0 radical (unpaired) electrons. The van der Waals surface area contributed by atoms with Crippen molar-refractivity contribution in [2.45, 2.75) is 11.4 Å². The highest BCUT2D eigenvalue weighted by Gasteiger charge is 2.28. The molecule has 0 unspecified atom stereocenters. The zero-order valence-corrected chi connectivity index (χ0v) is 16.6. The van der Waals surface area contributed by atoms with Crippen LogP contribution in [0.4, 0.5) is 5.00 Å². The van der Waals surface area contributed by atoms with Crippen LogP contribution in [-0.4, -0.2) is 25.2 Å². The van der Waals surface area contributed by atoms with E-state index in [4.69, 9.17) is 5.14 Å². The van der Waals surface area contributed by atoms with Crippen LogP contribution in [0.3, 0.4) is 0 Å². The first-order valence-corrected chi connectivity index (χ1v) is 10.9. The molecule has 148 valence electrons. The lowest BCUT2D eigenvalue weighted by Gasteiger charge is -2.05. The Morgan fingerprint density at radius 2 is 1.97 bits per heavy atom. The Morgan fingerprint density at radius 1 is 1.21 bits per heavy atom. The van der Waals surface area contributed by atoms with E-state index in [0.717, 1.165) is 11.3 Å². The molecular formula is C19H16N4O4S2. The first-order valence-electron chi connectivity index (χ1n) is 8.52. The van der Waals surface area contributed by atoms with E-state index in [1.807, 2.05) is 12.1 Å². The van der Waals surface area contributed by atoms with Gasteiger partial charge in [0.15, 0.2) is 0 Å². The van der Waals surface area contributed by atoms with Crippen molar-refractivity contribution in [3.8, 4) is 0 Å². The molecule has 0 saturated carbocycles. The quantitative estimate of drug-likeness (QED) is 0.463. The van der Waals surface area contributed by atoms with Gasteiger partial charge in [-0.25, -0.2) is 13.6 Å². The van der Waals surface area contributed by atoms with Gasteiger partial charge in [-0.05, 0) is 42.0 Å². The van der Waals surface area contributed by atoms with Gasteiger partial charge in [-0.15, -0.1) is 11.3 Å². The largest absolute Gasteiger partial charge is 0.362 e. The van der Waals surface area contributed by atoms with E-state index >= 15 is 0 Å². The molecule has 0 aliphatic carbocycles. The van der Waals surface area contributed by atoms with Crippen LogP contribution in [0.2, 0.25) is 0 Å². The minimum Gasteiger partial charge on any atom is -0.362 e. The van der Waals surface area contributed by atoms with Gasteiger partial charge in [-0.2, -0.15) is 0 Å². The topological polar surface area (TPSA) is 134 Å². The van der Waals surface area contributed by atoms with Gasteiger partial charge in [0.1, 0.15) is 5.00 Å². The average molecular weight is 428 g/mol. The van der Waals surface area contributed by atoms with E-state index in [1.165, 1.54) is 23.5 Å². The van der Waals surface area contributed by atoms with Crippen LogP contribution < -0.4 is 15.8 Å². The number of amides is 2. The number of primary sulfonamides is 1. The molecule has 29 heavy (non-hydrogen) atoms. The molecule has 1 aromatic carbocycles. The summed E-state index contributed by atoms with van der Waals surface area (Å²) in [5, 5.41) is 11.3. The number of aromatic amines is 1. The molecule has 4 rings (SSSR count). The highest BCUT2D eigenvalue weighted by atomic mass is 32.2. The first-order chi connectivity index (χ1) is 13.8. The number of anilines is 1. The fraction of sp³-hybridized carbons (Fsp3) is 0.0526. The fourth-order valence-corrected chi connectivity index (χ4v) is 4.39. The van der Waals surface area contributed by atoms with Gasteiger partial charge in [0.05, 0.1) is 15.3 Å². The maximum atomic E-state index is 12.5. The van der Waals surface area contributed by atoms with Crippen molar-refractivity contribution in [3.63, 3.8) is 0 Å². The third kappa shape index (κ3) is 3.99. The molecule has 0 fully saturated rings. The van der Waals surface area contributed by atoms with Crippen LogP contribution in [0.1, 0.15) is 26.5 Å². The summed E-state index contributed by atoms with van der Waals surface area (Å²) in [7, 11) is -3.75. The Bertz CT molecular complexity index is 1220. The maximum Gasteiger partial charge on any atom is 0.261 e. The van der Waals surface area contributed by atoms with E-state index < -0.39 is 10.0 Å². The van der Waals surface area contributed by atoms with Crippen LogP contribution in [-0.2, 0) is 21.4 Å². The number of carbonyl (C=O) groups excluding carboxylic acids is 2. The second-order valence-electron chi connectivity index (χ2n) is 6.36. The van der Waals surface area contributed by atoms with Crippen molar-refractivity contribution < 1.29 is 18.0 Å². The SMILES string of the molecule is NS(=O)(=O)c1ccc(CNC(=O)c2cc3c(s2)NC(=O)C3=Cc2ccc[nH]2)cc1. The smallest absolute Gasteiger partial charge is 0.261 e. The number of carbonyl (C=O) groups is 2. The van der Waals surface area contributed by atoms with Crippen molar-refractivity contribution in [2.24, 2.45) is 5.14 Å². The third-order valence-corrected chi connectivity index (χ3v) is 6.32. The summed E-state index contributed by atoms with van der Waals surface area (Å²) in [6.45, 7) is 0.226. The number of benzene rings is 1. The Morgan fingerprint density at radius 3 is 2.62 bits per heavy atom. The molecule has 3 heterocycles. The van der Waals surface area contributed by atoms with Crippen LogP contribution in [0, 0.1) is 0 Å². The summed E-state index contributed by atoms with van der Waals surface area (Å²) in [4.78, 5) is 28.2. The number of nitrogens with two attached hydrogens (primary N) is 1. The van der Waals surface area contributed by atoms with Crippen LogP contribution >= 0.6 is 11.3 Å². The molecule has 0 saturated heterocycles. The predicted octanol–water partition coefficient (Wildman–Crippen LogP) is 2.15. The predicted molar refractivity (Wildman–Crippen MR) is 111 cm³/mol. The normalized spacial score (nSPS) is 14.7. The molecule has 3 aromatic rings. The zero-order valence-electron chi connectivity index (χ0n) is 14.9. The van der Waals surface area contributed by atoms with Gasteiger partial charge >= 0.3 is 0 Å². The Labute approximate surface area is 170 Å². The Balaban J connectivity index is 1.47. The lowest BCUT2D eigenvalue weighted by Crippen LogP contribution is -2.22. The summed E-state index contributed by atoms with van der Waals surface area (Å²) in [5.41, 5.74) is 2.72. The zero-order chi connectivity index (χ0) is 20.6. The Hall–Kier alpha value is -3.21.